The van der Waals surface area contributed by atoms with Crippen molar-refractivity contribution in [3.05, 3.63) is 77.6 Å². The van der Waals surface area contributed by atoms with Crippen LogP contribution in [0.25, 0.3) is 0 Å². The third-order valence-electron chi connectivity index (χ3n) is 4.83. The fourth-order valence-corrected chi connectivity index (χ4v) is 3.37. The first-order valence-corrected chi connectivity index (χ1v) is 10.1. The first-order valence-electron chi connectivity index (χ1n) is 9.72. The highest BCUT2D eigenvalue weighted by atomic mass is 35.5. The van der Waals surface area contributed by atoms with Gasteiger partial charge < -0.3 is 19.9 Å². The quantitative estimate of drug-likeness (QED) is 0.658. The molecule has 8 heteroatoms. The second-order valence-electron chi connectivity index (χ2n) is 6.90. The van der Waals surface area contributed by atoms with Gasteiger partial charge in [0, 0.05) is 37.4 Å². The average molecular weight is 424 g/mol. The second kappa shape index (κ2) is 9.45. The van der Waals surface area contributed by atoms with Crippen LogP contribution in [0.15, 0.2) is 67.0 Å². The molecule has 1 aliphatic rings. The van der Waals surface area contributed by atoms with E-state index in [1.807, 2.05) is 48.7 Å². The van der Waals surface area contributed by atoms with E-state index in [0.717, 1.165) is 24.3 Å². The van der Waals surface area contributed by atoms with Crippen LogP contribution in [0.3, 0.4) is 0 Å². The Morgan fingerprint density at radius 1 is 1.00 bits per heavy atom. The van der Waals surface area contributed by atoms with E-state index in [0.29, 0.717) is 36.4 Å². The fourth-order valence-electron chi connectivity index (χ4n) is 3.21. The molecule has 0 spiro atoms. The minimum atomic E-state index is -0.273. The van der Waals surface area contributed by atoms with E-state index in [9.17, 15) is 4.79 Å². The molecule has 1 aromatic carbocycles. The maximum atomic E-state index is 12.3. The van der Waals surface area contributed by atoms with Gasteiger partial charge in [-0.1, -0.05) is 41.9 Å². The molecule has 4 rings (SSSR count). The molecule has 30 heavy (non-hydrogen) atoms. The Labute approximate surface area is 180 Å². The molecule has 2 aromatic heterocycles. The molecule has 0 bridgehead atoms. The maximum absolute atomic E-state index is 12.3. The highest BCUT2D eigenvalue weighted by Crippen LogP contribution is 2.20. The van der Waals surface area contributed by atoms with Crippen LogP contribution in [-0.2, 0) is 11.3 Å². The summed E-state index contributed by atoms with van der Waals surface area (Å²) in [5.41, 5.74) is 1.99. The Hall–Kier alpha value is -3.32. The Morgan fingerprint density at radius 3 is 2.50 bits per heavy atom. The maximum Gasteiger partial charge on any atom is 0.410 e. The molecule has 1 fully saturated rings. The molecule has 3 heterocycles. The third-order valence-corrected chi connectivity index (χ3v) is 5.07. The minimum absolute atomic E-state index is 0.273. The van der Waals surface area contributed by atoms with Gasteiger partial charge in [-0.05, 0) is 29.8 Å². The molecule has 0 saturated carbocycles. The standard InChI is InChI=1S/C22H22ClN5O2/c23-18-8-9-24-21(14-18)26-20-7-6-19(15-25-20)27-10-12-28(13-11-27)22(29)30-16-17-4-2-1-3-5-17/h1-9,14-15H,10-13,16H2,(H,24,25,26). The number of anilines is 3. The van der Waals surface area contributed by atoms with Crippen LogP contribution in [-0.4, -0.2) is 47.1 Å². The van der Waals surface area contributed by atoms with Crippen LogP contribution in [0.4, 0.5) is 22.1 Å². The number of piperazine rings is 1. The van der Waals surface area contributed by atoms with E-state index >= 15 is 0 Å². The number of amides is 1. The van der Waals surface area contributed by atoms with E-state index in [1.165, 1.54) is 0 Å². The van der Waals surface area contributed by atoms with Gasteiger partial charge in [0.05, 0.1) is 11.9 Å². The number of carbonyl (C=O) groups excluding carboxylic acids is 1. The van der Waals surface area contributed by atoms with Gasteiger partial charge >= 0.3 is 6.09 Å². The van der Waals surface area contributed by atoms with E-state index in [-0.39, 0.29) is 6.09 Å². The lowest BCUT2D eigenvalue weighted by Crippen LogP contribution is -2.49. The molecule has 0 aliphatic carbocycles. The molecule has 0 atom stereocenters. The van der Waals surface area contributed by atoms with E-state index < -0.39 is 0 Å². The van der Waals surface area contributed by atoms with Gasteiger partial charge in [-0.2, -0.15) is 0 Å². The summed E-state index contributed by atoms with van der Waals surface area (Å²) in [5.74, 6) is 1.34. The van der Waals surface area contributed by atoms with Crippen molar-refractivity contribution >= 4 is 35.0 Å². The lowest BCUT2D eigenvalue weighted by molar-refractivity contribution is 0.0942. The summed E-state index contributed by atoms with van der Waals surface area (Å²) in [7, 11) is 0. The number of nitrogens with zero attached hydrogens (tertiary/aromatic N) is 4. The van der Waals surface area contributed by atoms with Gasteiger partial charge in [0.2, 0.25) is 0 Å². The second-order valence-corrected chi connectivity index (χ2v) is 7.34. The molecular formula is C22H22ClN5O2. The Kier molecular flexibility index (Phi) is 6.29. The summed E-state index contributed by atoms with van der Waals surface area (Å²) in [6.07, 6.45) is 3.19. The summed E-state index contributed by atoms with van der Waals surface area (Å²) >= 11 is 5.98. The van der Waals surface area contributed by atoms with Crippen LogP contribution >= 0.6 is 11.6 Å². The zero-order valence-electron chi connectivity index (χ0n) is 16.4. The summed E-state index contributed by atoms with van der Waals surface area (Å²) in [4.78, 5) is 24.9. The van der Waals surface area contributed by atoms with Gasteiger partial charge in [0.1, 0.15) is 18.2 Å². The number of rotatable bonds is 5. The Balaban J connectivity index is 1.27. The summed E-state index contributed by atoms with van der Waals surface area (Å²) in [6, 6.07) is 17.1. The van der Waals surface area contributed by atoms with Crippen molar-refractivity contribution in [1.29, 1.82) is 0 Å². The number of benzene rings is 1. The number of aromatic nitrogens is 2. The van der Waals surface area contributed by atoms with Crippen molar-refractivity contribution < 1.29 is 9.53 Å². The van der Waals surface area contributed by atoms with Crippen molar-refractivity contribution in [2.45, 2.75) is 6.61 Å². The zero-order chi connectivity index (χ0) is 20.8. The molecule has 3 aromatic rings. The van der Waals surface area contributed by atoms with Crippen molar-refractivity contribution in [3.63, 3.8) is 0 Å². The van der Waals surface area contributed by atoms with Crippen LogP contribution in [0.1, 0.15) is 5.56 Å². The Bertz CT molecular complexity index is 976. The topological polar surface area (TPSA) is 70.6 Å². The normalized spacial score (nSPS) is 13.8. The minimum Gasteiger partial charge on any atom is -0.445 e. The smallest absolute Gasteiger partial charge is 0.410 e. The lowest BCUT2D eigenvalue weighted by atomic mass is 10.2. The van der Waals surface area contributed by atoms with Gasteiger partial charge in [-0.15, -0.1) is 0 Å². The molecule has 1 saturated heterocycles. The monoisotopic (exact) mass is 423 g/mol. The zero-order valence-corrected chi connectivity index (χ0v) is 17.1. The Morgan fingerprint density at radius 2 is 1.80 bits per heavy atom. The number of halogens is 1. The van der Waals surface area contributed by atoms with E-state index in [2.05, 4.69) is 20.2 Å². The number of nitrogens with one attached hydrogen (secondary N) is 1. The van der Waals surface area contributed by atoms with E-state index in [1.54, 1.807) is 23.2 Å². The summed E-state index contributed by atoms with van der Waals surface area (Å²) < 4.78 is 5.42. The van der Waals surface area contributed by atoms with Gasteiger partial charge in [-0.25, -0.2) is 14.8 Å². The highest BCUT2D eigenvalue weighted by molar-refractivity contribution is 6.30. The number of carbonyl (C=O) groups is 1. The summed E-state index contributed by atoms with van der Waals surface area (Å²) in [6.45, 7) is 2.97. The van der Waals surface area contributed by atoms with Gasteiger partial charge in [0.25, 0.3) is 0 Å². The average Bonchev–Trinajstić information content (AvgIpc) is 2.79. The first-order chi connectivity index (χ1) is 14.7. The number of pyridine rings is 2. The van der Waals surface area contributed by atoms with Crippen molar-refractivity contribution in [3.8, 4) is 0 Å². The molecule has 1 N–H and O–H groups in total. The van der Waals surface area contributed by atoms with Crippen molar-refractivity contribution in [2.24, 2.45) is 0 Å². The lowest BCUT2D eigenvalue weighted by Gasteiger charge is -2.35. The number of ether oxygens (including phenoxy) is 1. The van der Waals surface area contributed by atoms with Crippen molar-refractivity contribution in [2.75, 3.05) is 36.4 Å². The van der Waals surface area contributed by atoms with Crippen LogP contribution in [0, 0.1) is 0 Å². The SMILES string of the molecule is O=C(OCc1ccccc1)N1CCN(c2ccc(Nc3cc(Cl)ccn3)nc2)CC1. The van der Waals surface area contributed by atoms with E-state index in [4.69, 9.17) is 16.3 Å². The summed E-state index contributed by atoms with van der Waals surface area (Å²) in [5, 5.41) is 3.74. The molecule has 0 unspecified atom stereocenters. The van der Waals surface area contributed by atoms with Crippen molar-refractivity contribution in [1.82, 2.24) is 14.9 Å². The van der Waals surface area contributed by atoms with Crippen LogP contribution < -0.4 is 10.2 Å². The number of hydrogen-bond donors (Lipinski definition) is 1. The predicted molar refractivity (Wildman–Crippen MR) is 117 cm³/mol. The molecule has 1 amide bonds. The van der Waals surface area contributed by atoms with Crippen LogP contribution in [0.5, 0.6) is 0 Å². The third kappa shape index (κ3) is 5.18. The molecule has 154 valence electrons. The molecule has 1 aliphatic heterocycles. The molecule has 0 radical (unpaired) electrons. The van der Waals surface area contributed by atoms with Crippen LogP contribution in [0.2, 0.25) is 5.02 Å². The van der Waals surface area contributed by atoms with Gasteiger partial charge in [0.15, 0.2) is 0 Å². The fraction of sp³-hybridized carbons (Fsp3) is 0.227. The first kappa shape index (κ1) is 20.0. The number of hydrogen-bond acceptors (Lipinski definition) is 6. The highest BCUT2D eigenvalue weighted by Gasteiger charge is 2.22. The largest absolute Gasteiger partial charge is 0.445 e. The molecule has 7 nitrogen and oxygen atoms in total. The molecular weight excluding hydrogens is 402 g/mol. The van der Waals surface area contributed by atoms with Gasteiger partial charge in [-0.3, -0.25) is 0 Å². The predicted octanol–water partition coefficient (Wildman–Crippen LogP) is 4.33.